The highest BCUT2D eigenvalue weighted by Crippen LogP contribution is 2.31. The standard InChI is InChI=1S/C21H18N2O3/c1-11-4-5-14(6-12(11)2)19-21(25)20(24)16-8-15(18-9-22-10-26-18)13(3)7-17(16)23-19/h4-10,25H,1-3H3,(H,23,24). The zero-order valence-corrected chi connectivity index (χ0v) is 14.8. The summed E-state index contributed by atoms with van der Waals surface area (Å²) in [6.07, 6.45) is 2.95. The van der Waals surface area contributed by atoms with Gasteiger partial charge in [-0.15, -0.1) is 0 Å². The number of hydrogen-bond acceptors (Lipinski definition) is 4. The fourth-order valence-corrected chi connectivity index (χ4v) is 3.15. The molecule has 2 N–H and O–H groups in total. The first-order valence-electron chi connectivity index (χ1n) is 8.32. The van der Waals surface area contributed by atoms with E-state index in [0.29, 0.717) is 22.4 Å². The number of aromatic nitrogens is 2. The Bertz CT molecular complexity index is 1190. The molecule has 0 saturated carbocycles. The van der Waals surface area contributed by atoms with Gasteiger partial charge >= 0.3 is 0 Å². The van der Waals surface area contributed by atoms with Crippen molar-refractivity contribution in [2.24, 2.45) is 0 Å². The number of benzene rings is 2. The van der Waals surface area contributed by atoms with E-state index in [-0.39, 0.29) is 5.75 Å². The van der Waals surface area contributed by atoms with Crippen molar-refractivity contribution in [3.8, 4) is 28.3 Å². The Balaban J connectivity index is 1.98. The van der Waals surface area contributed by atoms with Gasteiger partial charge in [0, 0.05) is 11.1 Å². The van der Waals surface area contributed by atoms with Crippen molar-refractivity contribution in [2.45, 2.75) is 20.8 Å². The molecule has 2 heterocycles. The molecule has 2 aromatic carbocycles. The zero-order chi connectivity index (χ0) is 18.4. The molecule has 0 fully saturated rings. The van der Waals surface area contributed by atoms with Crippen LogP contribution >= 0.6 is 0 Å². The maximum Gasteiger partial charge on any atom is 0.231 e. The second kappa shape index (κ2) is 5.88. The summed E-state index contributed by atoms with van der Waals surface area (Å²) in [5.74, 6) is 0.301. The molecule has 0 aliphatic heterocycles. The summed E-state index contributed by atoms with van der Waals surface area (Å²) in [4.78, 5) is 19.9. The Morgan fingerprint density at radius 2 is 1.85 bits per heavy atom. The number of oxazole rings is 1. The van der Waals surface area contributed by atoms with Crippen LogP contribution in [0.4, 0.5) is 0 Å². The van der Waals surface area contributed by atoms with E-state index in [9.17, 15) is 9.90 Å². The van der Waals surface area contributed by atoms with Gasteiger partial charge in [-0.25, -0.2) is 4.98 Å². The maximum atomic E-state index is 12.8. The van der Waals surface area contributed by atoms with Crippen LogP contribution in [-0.2, 0) is 0 Å². The summed E-state index contributed by atoms with van der Waals surface area (Å²) in [6, 6.07) is 9.45. The lowest BCUT2D eigenvalue weighted by Gasteiger charge is -2.11. The monoisotopic (exact) mass is 346 g/mol. The smallest absolute Gasteiger partial charge is 0.231 e. The molecule has 0 bridgehead atoms. The van der Waals surface area contributed by atoms with E-state index in [0.717, 1.165) is 27.8 Å². The molecular formula is C21H18N2O3. The van der Waals surface area contributed by atoms with Crippen LogP contribution in [0.25, 0.3) is 33.5 Å². The molecule has 2 aromatic heterocycles. The van der Waals surface area contributed by atoms with Crippen LogP contribution in [0.3, 0.4) is 0 Å². The minimum absolute atomic E-state index is 0.284. The van der Waals surface area contributed by atoms with E-state index in [1.807, 2.05) is 45.0 Å². The predicted octanol–water partition coefficient (Wildman–Crippen LogP) is 4.48. The van der Waals surface area contributed by atoms with Crippen LogP contribution < -0.4 is 5.43 Å². The number of fused-ring (bicyclic) bond motifs is 1. The first-order chi connectivity index (χ1) is 12.5. The summed E-state index contributed by atoms with van der Waals surface area (Å²) in [5, 5.41) is 10.9. The van der Waals surface area contributed by atoms with Crippen molar-refractivity contribution in [3.05, 3.63) is 69.8 Å². The summed E-state index contributed by atoms with van der Waals surface area (Å²) in [7, 11) is 0. The van der Waals surface area contributed by atoms with E-state index in [1.165, 1.54) is 6.39 Å². The minimum Gasteiger partial charge on any atom is -0.503 e. The van der Waals surface area contributed by atoms with Crippen molar-refractivity contribution in [1.29, 1.82) is 0 Å². The Kier molecular flexibility index (Phi) is 3.65. The fraction of sp³-hybridized carbons (Fsp3) is 0.143. The van der Waals surface area contributed by atoms with Gasteiger partial charge in [-0.2, -0.15) is 0 Å². The van der Waals surface area contributed by atoms with Gasteiger partial charge in [0.05, 0.1) is 22.8 Å². The molecule has 5 heteroatoms. The van der Waals surface area contributed by atoms with Crippen LogP contribution in [0.1, 0.15) is 16.7 Å². The van der Waals surface area contributed by atoms with Crippen LogP contribution in [-0.4, -0.2) is 15.1 Å². The Morgan fingerprint density at radius 3 is 2.54 bits per heavy atom. The van der Waals surface area contributed by atoms with E-state index in [4.69, 9.17) is 4.42 Å². The van der Waals surface area contributed by atoms with E-state index in [2.05, 4.69) is 9.97 Å². The van der Waals surface area contributed by atoms with Crippen molar-refractivity contribution in [3.63, 3.8) is 0 Å². The molecule has 0 unspecified atom stereocenters. The number of H-pyrrole nitrogens is 1. The van der Waals surface area contributed by atoms with Gasteiger partial charge in [0.25, 0.3) is 0 Å². The Hall–Kier alpha value is -3.34. The number of nitrogens with one attached hydrogen (secondary N) is 1. The van der Waals surface area contributed by atoms with Gasteiger partial charge in [-0.05, 0) is 55.7 Å². The predicted molar refractivity (Wildman–Crippen MR) is 101 cm³/mol. The third-order valence-electron chi connectivity index (χ3n) is 4.81. The number of pyridine rings is 1. The number of rotatable bonds is 2. The van der Waals surface area contributed by atoms with Gasteiger partial charge < -0.3 is 14.5 Å². The molecular weight excluding hydrogens is 328 g/mol. The number of aromatic hydroxyl groups is 1. The molecule has 5 nitrogen and oxygen atoms in total. The van der Waals surface area contributed by atoms with E-state index >= 15 is 0 Å². The highest BCUT2D eigenvalue weighted by atomic mass is 16.3. The molecule has 0 spiro atoms. The molecule has 26 heavy (non-hydrogen) atoms. The summed E-state index contributed by atoms with van der Waals surface area (Å²) in [6.45, 7) is 5.97. The van der Waals surface area contributed by atoms with Gasteiger partial charge in [0.1, 0.15) is 0 Å². The summed E-state index contributed by atoms with van der Waals surface area (Å²) in [5.41, 5.74) is 5.44. The Morgan fingerprint density at radius 1 is 1.04 bits per heavy atom. The molecule has 0 saturated heterocycles. The average Bonchev–Trinajstić information content (AvgIpc) is 3.14. The van der Waals surface area contributed by atoms with Crippen molar-refractivity contribution in [1.82, 2.24) is 9.97 Å². The van der Waals surface area contributed by atoms with Crippen molar-refractivity contribution < 1.29 is 9.52 Å². The maximum absolute atomic E-state index is 12.8. The summed E-state index contributed by atoms with van der Waals surface area (Å²) >= 11 is 0. The lowest BCUT2D eigenvalue weighted by molar-refractivity contribution is 0.471. The molecule has 0 atom stereocenters. The molecule has 0 radical (unpaired) electrons. The van der Waals surface area contributed by atoms with Gasteiger partial charge in [-0.1, -0.05) is 12.1 Å². The lowest BCUT2D eigenvalue weighted by Crippen LogP contribution is -2.06. The Labute approximate surface area is 150 Å². The molecule has 4 rings (SSSR count). The van der Waals surface area contributed by atoms with Crippen molar-refractivity contribution in [2.75, 3.05) is 0 Å². The van der Waals surface area contributed by atoms with Crippen molar-refractivity contribution >= 4 is 10.9 Å². The highest BCUT2D eigenvalue weighted by Gasteiger charge is 2.16. The number of aryl methyl sites for hydroxylation is 3. The SMILES string of the molecule is Cc1ccc(-c2[nH]c3cc(C)c(-c4cnco4)cc3c(=O)c2O)cc1C. The third-order valence-corrected chi connectivity index (χ3v) is 4.81. The fourth-order valence-electron chi connectivity index (χ4n) is 3.15. The van der Waals surface area contributed by atoms with Crippen LogP contribution in [0, 0.1) is 20.8 Å². The topological polar surface area (TPSA) is 79.1 Å². The minimum atomic E-state index is -0.409. The average molecular weight is 346 g/mol. The quantitative estimate of drug-likeness (QED) is 0.561. The van der Waals surface area contributed by atoms with Gasteiger partial charge in [0.15, 0.2) is 17.9 Å². The summed E-state index contributed by atoms with van der Waals surface area (Å²) < 4.78 is 5.35. The second-order valence-electron chi connectivity index (χ2n) is 6.56. The first-order valence-corrected chi connectivity index (χ1v) is 8.32. The number of hydrogen-bond donors (Lipinski definition) is 2. The van der Waals surface area contributed by atoms with Crippen LogP contribution in [0.15, 0.2) is 52.1 Å². The van der Waals surface area contributed by atoms with Gasteiger partial charge in [0.2, 0.25) is 5.43 Å². The molecule has 0 aliphatic rings. The van der Waals surface area contributed by atoms with Gasteiger partial charge in [-0.3, -0.25) is 4.79 Å². The lowest BCUT2D eigenvalue weighted by atomic mass is 10.00. The first kappa shape index (κ1) is 16.1. The van der Waals surface area contributed by atoms with Crippen LogP contribution in [0.2, 0.25) is 0 Å². The number of nitrogens with zero attached hydrogens (tertiary/aromatic N) is 1. The molecule has 130 valence electrons. The van der Waals surface area contributed by atoms with Crippen LogP contribution in [0.5, 0.6) is 5.75 Å². The normalized spacial score (nSPS) is 11.2. The molecule has 0 amide bonds. The van der Waals surface area contributed by atoms with E-state index < -0.39 is 5.43 Å². The highest BCUT2D eigenvalue weighted by molar-refractivity contribution is 5.89. The number of aromatic amines is 1. The second-order valence-corrected chi connectivity index (χ2v) is 6.56. The molecule has 4 aromatic rings. The third kappa shape index (κ3) is 2.49. The van der Waals surface area contributed by atoms with E-state index in [1.54, 1.807) is 12.3 Å². The molecule has 0 aliphatic carbocycles. The zero-order valence-electron chi connectivity index (χ0n) is 14.8. The largest absolute Gasteiger partial charge is 0.503 e.